The minimum absolute atomic E-state index is 0.173. The molecule has 1 fully saturated rings. The zero-order chi connectivity index (χ0) is 26.1. The molecule has 3 aromatic heterocycles. The second-order valence-electron chi connectivity index (χ2n) is 8.77. The molecule has 0 saturated carbocycles. The quantitative estimate of drug-likeness (QED) is 0.383. The molecule has 11 nitrogen and oxygen atoms in total. The Morgan fingerprint density at radius 1 is 1.16 bits per heavy atom. The van der Waals surface area contributed by atoms with E-state index < -0.39 is 17.5 Å². The van der Waals surface area contributed by atoms with E-state index in [1.165, 1.54) is 17.6 Å². The van der Waals surface area contributed by atoms with Crippen molar-refractivity contribution in [3.63, 3.8) is 0 Å². The molecule has 1 saturated heterocycles. The van der Waals surface area contributed by atoms with Crippen molar-refractivity contribution in [2.45, 2.75) is 0 Å². The van der Waals surface area contributed by atoms with E-state index in [1.54, 1.807) is 18.4 Å². The smallest absolute Gasteiger partial charge is 0.254 e. The van der Waals surface area contributed by atoms with Crippen LogP contribution in [0.2, 0.25) is 0 Å². The van der Waals surface area contributed by atoms with Crippen molar-refractivity contribution >= 4 is 29.1 Å². The molecule has 37 heavy (non-hydrogen) atoms. The lowest BCUT2D eigenvalue weighted by Gasteiger charge is -2.37. The molecule has 1 aliphatic rings. The van der Waals surface area contributed by atoms with Crippen molar-refractivity contribution in [3.8, 4) is 11.5 Å². The molecular weight excluding hydrogens is 484 g/mol. The Kier molecular flexibility index (Phi) is 6.61. The number of benzene rings is 1. The minimum atomic E-state index is -0.878. The monoisotopic (exact) mass is 511 g/mol. The number of anilines is 3. The molecule has 0 unspecified atom stereocenters. The predicted molar refractivity (Wildman–Crippen MR) is 135 cm³/mol. The van der Waals surface area contributed by atoms with Crippen LogP contribution in [-0.2, 0) is 0 Å². The highest BCUT2D eigenvalue weighted by Crippen LogP contribution is 2.25. The molecule has 1 aliphatic heterocycles. The lowest BCUT2D eigenvalue weighted by atomic mass is 10.1. The van der Waals surface area contributed by atoms with Crippen LogP contribution < -0.4 is 20.9 Å². The van der Waals surface area contributed by atoms with Gasteiger partial charge in [0.05, 0.1) is 17.5 Å². The summed E-state index contributed by atoms with van der Waals surface area (Å²) in [5.41, 5.74) is 7.36. The molecule has 0 atom stereocenters. The number of nitrogen functional groups attached to an aromatic ring is 1. The van der Waals surface area contributed by atoms with Crippen molar-refractivity contribution in [1.82, 2.24) is 29.8 Å². The second kappa shape index (κ2) is 10.0. The Hall–Kier alpha value is -4.26. The van der Waals surface area contributed by atoms with Crippen molar-refractivity contribution in [2.75, 3.05) is 68.9 Å². The van der Waals surface area contributed by atoms with Crippen LogP contribution in [0.3, 0.4) is 0 Å². The van der Waals surface area contributed by atoms with Gasteiger partial charge in [0, 0.05) is 65.5 Å². The SMILES string of the molecule is CNC(=O)c1cc(N2CCN(CCN(C)c3nc(N)n4nc(-c5ccco5)cc4n3)CC2)c(F)cc1F. The van der Waals surface area contributed by atoms with E-state index in [0.717, 1.165) is 12.6 Å². The van der Waals surface area contributed by atoms with Gasteiger partial charge in [0.15, 0.2) is 11.4 Å². The number of carbonyl (C=O) groups excluding carboxylic acids is 1. The van der Waals surface area contributed by atoms with Gasteiger partial charge in [-0.15, -0.1) is 0 Å². The van der Waals surface area contributed by atoms with E-state index in [0.29, 0.717) is 55.8 Å². The average Bonchev–Trinajstić information content (AvgIpc) is 3.58. The first-order valence-electron chi connectivity index (χ1n) is 11.8. The van der Waals surface area contributed by atoms with Crippen LogP contribution in [0, 0.1) is 11.6 Å². The molecule has 5 rings (SSSR count). The van der Waals surface area contributed by atoms with Gasteiger partial charge < -0.3 is 25.3 Å². The number of hydrogen-bond donors (Lipinski definition) is 2. The fourth-order valence-electron chi connectivity index (χ4n) is 4.30. The van der Waals surface area contributed by atoms with Crippen molar-refractivity contribution < 1.29 is 18.0 Å². The molecule has 0 bridgehead atoms. The summed E-state index contributed by atoms with van der Waals surface area (Å²) in [5.74, 6) is -0.839. The molecule has 4 aromatic rings. The summed E-state index contributed by atoms with van der Waals surface area (Å²) in [6.45, 7) is 3.81. The van der Waals surface area contributed by atoms with Gasteiger partial charge in [-0.25, -0.2) is 8.78 Å². The number of halogens is 2. The van der Waals surface area contributed by atoms with Gasteiger partial charge in [-0.3, -0.25) is 9.69 Å². The van der Waals surface area contributed by atoms with Crippen molar-refractivity contribution in [1.29, 1.82) is 0 Å². The van der Waals surface area contributed by atoms with Crippen LogP contribution in [0.25, 0.3) is 17.1 Å². The Bertz CT molecular complexity index is 1420. The average molecular weight is 512 g/mol. The first-order valence-corrected chi connectivity index (χ1v) is 11.8. The summed E-state index contributed by atoms with van der Waals surface area (Å²) in [4.78, 5) is 26.9. The van der Waals surface area contributed by atoms with Gasteiger partial charge in [0.2, 0.25) is 11.9 Å². The summed E-state index contributed by atoms with van der Waals surface area (Å²) in [5, 5.41) is 6.79. The van der Waals surface area contributed by atoms with E-state index in [2.05, 4.69) is 25.3 Å². The number of nitrogens with zero attached hydrogens (tertiary/aromatic N) is 7. The minimum Gasteiger partial charge on any atom is -0.463 e. The number of rotatable bonds is 7. The van der Waals surface area contributed by atoms with E-state index >= 15 is 0 Å². The third-order valence-corrected chi connectivity index (χ3v) is 6.42. The van der Waals surface area contributed by atoms with Crippen LogP contribution in [0.1, 0.15) is 10.4 Å². The third kappa shape index (κ3) is 4.89. The Labute approximate surface area is 211 Å². The van der Waals surface area contributed by atoms with Gasteiger partial charge in [0.25, 0.3) is 5.91 Å². The van der Waals surface area contributed by atoms with Gasteiger partial charge in [0.1, 0.15) is 17.3 Å². The molecule has 0 aliphatic carbocycles. The highest BCUT2D eigenvalue weighted by atomic mass is 19.1. The summed E-state index contributed by atoms with van der Waals surface area (Å²) in [6.07, 6.45) is 1.58. The zero-order valence-electron chi connectivity index (χ0n) is 20.5. The Morgan fingerprint density at radius 2 is 1.95 bits per heavy atom. The van der Waals surface area contributed by atoms with E-state index in [-0.39, 0.29) is 17.2 Å². The fraction of sp³-hybridized carbons (Fsp3) is 0.333. The van der Waals surface area contributed by atoms with E-state index in [4.69, 9.17) is 10.2 Å². The second-order valence-corrected chi connectivity index (χ2v) is 8.77. The van der Waals surface area contributed by atoms with Crippen molar-refractivity contribution in [2.24, 2.45) is 0 Å². The first kappa shape index (κ1) is 24.4. The Balaban J connectivity index is 1.20. The van der Waals surface area contributed by atoms with Crippen LogP contribution in [0.15, 0.2) is 41.0 Å². The molecule has 0 radical (unpaired) electrons. The van der Waals surface area contributed by atoms with E-state index in [1.807, 2.05) is 22.9 Å². The normalized spacial score (nSPS) is 14.3. The number of likely N-dealkylation sites (N-methyl/N-ethyl adjacent to an activating group) is 1. The number of fused-ring (bicyclic) bond motifs is 1. The molecular formula is C24H27F2N9O2. The number of aromatic nitrogens is 4. The molecule has 1 amide bonds. The lowest BCUT2D eigenvalue weighted by molar-refractivity contribution is 0.0959. The number of carbonyl (C=O) groups is 1. The third-order valence-electron chi connectivity index (χ3n) is 6.42. The summed E-state index contributed by atoms with van der Waals surface area (Å²) in [7, 11) is 3.30. The van der Waals surface area contributed by atoms with Crippen molar-refractivity contribution in [3.05, 3.63) is 53.8 Å². The Morgan fingerprint density at radius 3 is 2.65 bits per heavy atom. The van der Waals surface area contributed by atoms with Crippen LogP contribution in [0.4, 0.5) is 26.4 Å². The van der Waals surface area contributed by atoms with Gasteiger partial charge >= 0.3 is 0 Å². The maximum absolute atomic E-state index is 14.5. The number of furan rings is 1. The maximum atomic E-state index is 14.5. The first-order chi connectivity index (χ1) is 17.8. The van der Waals surface area contributed by atoms with Crippen LogP contribution in [-0.4, -0.2) is 83.8 Å². The number of piperazine rings is 1. The standard InChI is InChI=1S/C24H27F2N9O2/c1-28-22(36)15-12-19(17(26)13-16(15)25)34-9-7-33(8-10-34)6-5-32(2)24-29-21-14-18(20-4-3-11-37-20)31-35(21)23(27)30-24/h3-4,11-14H,5-10H2,1-2H3,(H,28,36)(H2,27,29,30). The number of nitrogens with two attached hydrogens (primary N) is 1. The van der Waals surface area contributed by atoms with Gasteiger partial charge in [-0.2, -0.15) is 19.6 Å². The summed E-state index contributed by atoms with van der Waals surface area (Å²) < 4.78 is 35.4. The molecule has 0 spiro atoms. The topological polar surface area (TPSA) is 121 Å². The highest BCUT2D eigenvalue weighted by molar-refractivity contribution is 5.95. The molecule has 1 aromatic carbocycles. The largest absolute Gasteiger partial charge is 0.463 e. The highest BCUT2D eigenvalue weighted by Gasteiger charge is 2.23. The number of hydrogen-bond acceptors (Lipinski definition) is 9. The molecule has 4 heterocycles. The maximum Gasteiger partial charge on any atom is 0.254 e. The predicted octanol–water partition coefficient (Wildman–Crippen LogP) is 1.86. The summed E-state index contributed by atoms with van der Waals surface area (Å²) >= 11 is 0. The summed E-state index contributed by atoms with van der Waals surface area (Å²) in [6, 6.07) is 7.42. The fourth-order valence-corrected chi connectivity index (χ4v) is 4.30. The zero-order valence-corrected chi connectivity index (χ0v) is 20.5. The van der Waals surface area contributed by atoms with Crippen LogP contribution >= 0.6 is 0 Å². The van der Waals surface area contributed by atoms with E-state index in [9.17, 15) is 13.6 Å². The number of amides is 1. The number of nitrogens with one attached hydrogen (secondary N) is 1. The molecule has 194 valence electrons. The van der Waals surface area contributed by atoms with Gasteiger partial charge in [-0.1, -0.05) is 0 Å². The van der Waals surface area contributed by atoms with Gasteiger partial charge in [-0.05, 0) is 18.2 Å². The molecule has 13 heteroatoms. The molecule has 3 N–H and O–H groups in total. The van der Waals surface area contributed by atoms with Crippen LogP contribution in [0.5, 0.6) is 0 Å². The lowest BCUT2D eigenvalue weighted by Crippen LogP contribution is -2.48.